The Morgan fingerprint density at radius 1 is 1.09 bits per heavy atom. The molecular formula is C12H7Cl6N3O2. The zero-order valence-corrected chi connectivity index (χ0v) is 15.8. The van der Waals surface area contributed by atoms with Crippen LogP contribution < -0.4 is 4.90 Å². The Morgan fingerprint density at radius 3 is 2.09 bits per heavy atom. The molecule has 1 aromatic rings. The van der Waals surface area contributed by atoms with Gasteiger partial charge in [-0.3, -0.25) is 9.69 Å². The second kappa shape index (κ2) is 6.82. The quantitative estimate of drug-likeness (QED) is 0.381. The van der Waals surface area contributed by atoms with Crippen LogP contribution in [-0.4, -0.2) is 39.0 Å². The molecule has 0 aliphatic carbocycles. The molecule has 0 N–H and O–H groups in total. The Balaban J connectivity index is 2.56. The molecule has 1 saturated heterocycles. The molecule has 2 rings (SSSR count). The van der Waals surface area contributed by atoms with Crippen molar-refractivity contribution in [2.45, 2.75) is 9.29 Å². The van der Waals surface area contributed by atoms with Gasteiger partial charge in [0.15, 0.2) is 5.50 Å². The summed E-state index contributed by atoms with van der Waals surface area (Å²) in [6.07, 6.45) is 0. The van der Waals surface area contributed by atoms with Crippen molar-refractivity contribution in [2.24, 2.45) is 4.99 Å². The average Bonchev–Trinajstić information content (AvgIpc) is 2.61. The molecule has 0 bridgehead atoms. The Kier molecular flexibility index (Phi) is 5.61. The number of halogens is 6. The smallest absolute Gasteiger partial charge is 0.265 e. The number of rotatable bonds is 2. The number of nitrogens with zero attached hydrogens (tertiary/aromatic N) is 3. The van der Waals surface area contributed by atoms with Gasteiger partial charge in [0, 0.05) is 17.1 Å². The largest absolute Gasteiger partial charge is 0.337 e. The van der Waals surface area contributed by atoms with Crippen LogP contribution in [0.4, 0.5) is 10.5 Å². The Bertz CT molecular complexity index is 682. The lowest BCUT2D eigenvalue weighted by atomic mass is 10.3. The van der Waals surface area contributed by atoms with Crippen LogP contribution in [0.25, 0.3) is 0 Å². The minimum absolute atomic E-state index is 0.233. The highest BCUT2D eigenvalue weighted by atomic mass is 35.6. The number of amidine groups is 1. The van der Waals surface area contributed by atoms with Crippen molar-refractivity contribution in [3.63, 3.8) is 0 Å². The number of imide groups is 1. The molecule has 0 spiro atoms. The van der Waals surface area contributed by atoms with E-state index in [0.29, 0.717) is 0 Å². The van der Waals surface area contributed by atoms with Crippen LogP contribution in [0.5, 0.6) is 0 Å². The number of likely N-dealkylation sites (N-methyl/N-ethyl adjacent to an activating group) is 1. The molecule has 1 aliphatic heterocycles. The van der Waals surface area contributed by atoms with E-state index in [9.17, 15) is 9.59 Å². The number of alkyl halides is 4. The number of hydrogen-bond donors (Lipinski definition) is 0. The second-order valence-corrected chi connectivity index (χ2v) is 8.10. The first-order valence-electron chi connectivity index (χ1n) is 5.89. The molecule has 124 valence electrons. The lowest BCUT2D eigenvalue weighted by molar-refractivity contribution is -0.119. The number of aliphatic imine (C=N–C) groups is 1. The van der Waals surface area contributed by atoms with Crippen LogP contribution in [0.3, 0.4) is 0 Å². The fourth-order valence-corrected chi connectivity index (χ4v) is 2.52. The van der Waals surface area contributed by atoms with Crippen LogP contribution >= 0.6 is 69.6 Å². The SMILES string of the molecule is CN1C(=O)C(=NC(Cl)C(Cl)(Cl)Cl)N(c2cc(Cl)cc(Cl)c2)C1=O. The normalized spacial score (nSPS) is 19.0. The van der Waals surface area contributed by atoms with Gasteiger partial charge in [-0.1, -0.05) is 69.6 Å². The maximum Gasteiger partial charge on any atom is 0.337 e. The van der Waals surface area contributed by atoms with Crippen molar-refractivity contribution < 1.29 is 9.59 Å². The first-order chi connectivity index (χ1) is 10.5. The van der Waals surface area contributed by atoms with Crippen LogP contribution in [0.1, 0.15) is 0 Å². The summed E-state index contributed by atoms with van der Waals surface area (Å²) in [4.78, 5) is 30.2. The van der Waals surface area contributed by atoms with Crippen LogP contribution in [0.15, 0.2) is 23.2 Å². The molecule has 0 radical (unpaired) electrons. The third-order valence-electron chi connectivity index (χ3n) is 2.80. The molecular weight excluding hydrogens is 431 g/mol. The van der Waals surface area contributed by atoms with Gasteiger partial charge in [0.2, 0.25) is 9.63 Å². The third-order valence-corrected chi connectivity index (χ3v) is 4.61. The van der Waals surface area contributed by atoms with Crippen molar-refractivity contribution in [3.05, 3.63) is 28.2 Å². The summed E-state index contributed by atoms with van der Waals surface area (Å²) in [5.41, 5.74) is -1.15. The van der Waals surface area contributed by atoms with E-state index < -0.39 is 21.2 Å². The van der Waals surface area contributed by atoms with Crippen molar-refractivity contribution in [2.75, 3.05) is 11.9 Å². The minimum Gasteiger partial charge on any atom is -0.265 e. The first kappa shape index (κ1) is 18.9. The van der Waals surface area contributed by atoms with Gasteiger partial charge in [-0.15, -0.1) is 0 Å². The van der Waals surface area contributed by atoms with Crippen molar-refractivity contribution >= 4 is 93.1 Å². The standard InChI is InChI=1S/C12H7Cl6N3O2/c1-20-9(22)8(19-10(15)12(16,17)18)21(11(20)23)7-3-5(13)2-6(14)4-7/h2-4,10H,1H3. The number of carbonyl (C=O) groups is 2. The number of amides is 3. The van der Waals surface area contributed by atoms with Crippen molar-refractivity contribution in [3.8, 4) is 0 Å². The monoisotopic (exact) mass is 435 g/mol. The van der Waals surface area contributed by atoms with Crippen molar-refractivity contribution in [1.29, 1.82) is 0 Å². The molecule has 0 aromatic heterocycles. The van der Waals surface area contributed by atoms with E-state index in [0.717, 1.165) is 9.80 Å². The molecule has 23 heavy (non-hydrogen) atoms. The van der Waals surface area contributed by atoms with Gasteiger partial charge >= 0.3 is 6.03 Å². The van der Waals surface area contributed by atoms with Crippen molar-refractivity contribution in [1.82, 2.24) is 4.90 Å². The summed E-state index contributed by atoms with van der Waals surface area (Å²) < 4.78 is -1.96. The molecule has 1 unspecified atom stereocenters. The van der Waals surface area contributed by atoms with Crippen LogP contribution in [0, 0.1) is 0 Å². The number of carbonyl (C=O) groups excluding carboxylic acids is 2. The minimum atomic E-state index is -1.96. The van der Waals surface area contributed by atoms with Crippen LogP contribution in [-0.2, 0) is 4.79 Å². The zero-order valence-electron chi connectivity index (χ0n) is 11.2. The summed E-state index contributed by atoms with van der Waals surface area (Å²) in [6, 6.07) is 3.68. The summed E-state index contributed by atoms with van der Waals surface area (Å²) in [6.45, 7) is 0. The molecule has 1 aliphatic rings. The van der Waals surface area contributed by atoms with Gasteiger partial charge in [0.25, 0.3) is 5.91 Å². The van der Waals surface area contributed by atoms with Gasteiger partial charge < -0.3 is 0 Å². The summed E-state index contributed by atoms with van der Waals surface area (Å²) in [5, 5.41) is 0.538. The number of benzene rings is 1. The van der Waals surface area contributed by atoms with Gasteiger partial charge in [-0.25, -0.2) is 14.7 Å². The summed E-state index contributed by atoms with van der Waals surface area (Å²) >= 11 is 34.7. The number of hydrogen-bond acceptors (Lipinski definition) is 3. The lowest BCUT2D eigenvalue weighted by Crippen LogP contribution is -2.33. The lowest BCUT2D eigenvalue weighted by Gasteiger charge is -2.18. The molecule has 5 nitrogen and oxygen atoms in total. The van der Waals surface area contributed by atoms with Gasteiger partial charge in [-0.2, -0.15) is 0 Å². The fraction of sp³-hybridized carbons (Fsp3) is 0.250. The van der Waals surface area contributed by atoms with E-state index in [-0.39, 0.29) is 21.6 Å². The zero-order chi connectivity index (χ0) is 17.5. The predicted molar refractivity (Wildman–Crippen MR) is 94.5 cm³/mol. The topological polar surface area (TPSA) is 53.0 Å². The van der Waals surface area contributed by atoms with E-state index in [4.69, 9.17) is 69.6 Å². The van der Waals surface area contributed by atoms with Gasteiger partial charge in [0.1, 0.15) is 0 Å². The Morgan fingerprint density at radius 2 is 1.61 bits per heavy atom. The van der Waals surface area contributed by atoms with E-state index in [1.54, 1.807) is 0 Å². The fourth-order valence-electron chi connectivity index (χ4n) is 1.77. The van der Waals surface area contributed by atoms with E-state index in [1.807, 2.05) is 0 Å². The predicted octanol–water partition coefficient (Wildman–Crippen LogP) is 4.73. The van der Waals surface area contributed by atoms with Gasteiger partial charge in [0.05, 0.1) is 5.69 Å². The molecule has 1 aromatic carbocycles. The van der Waals surface area contributed by atoms with E-state index in [1.165, 1.54) is 25.2 Å². The molecule has 1 atom stereocenters. The van der Waals surface area contributed by atoms with E-state index in [2.05, 4.69) is 4.99 Å². The highest BCUT2D eigenvalue weighted by molar-refractivity contribution is 6.70. The highest BCUT2D eigenvalue weighted by Crippen LogP contribution is 2.36. The summed E-state index contributed by atoms with van der Waals surface area (Å²) in [5.74, 6) is -1.01. The highest BCUT2D eigenvalue weighted by Gasteiger charge is 2.43. The van der Waals surface area contributed by atoms with Gasteiger partial charge in [-0.05, 0) is 18.2 Å². The maximum absolute atomic E-state index is 12.3. The molecule has 11 heteroatoms. The van der Waals surface area contributed by atoms with Crippen LogP contribution in [0.2, 0.25) is 10.0 Å². The number of anilines is 1. The first-order valence-corrected chi connectivity index (χ1v) is 8.22. The second-order valence-electron chi connectivity index (χ2n) is 4.44. The summed E-state index contributed by atoms with van der Waals surface area (Å²) in [7, 11) is 1.28. The molecule has 1 heterocycles. The maximum atomic E-state index is 12.3. The third kappa shape index (κ3) is 3.98. The Labute approximate surface area is 161 Å². The molecule has 3 amide bonds. The molecule has 1 fully saturated rings. The molecule has 0 saturated carbocycles. The Hall–Kier alpha value is -0.430. The van der Waals surface area contributed by atoms with E-state index >= 15 is 0 Å². The average molecular weight is 438 g/mol. The number of urea groups is 1.